The van der Waals surface area contributed by atoms with Gasteiger partial charge in [-0.1, -0.05) is 0 Å². The number of nitrogens with one attached hydrogen (secondary N) is 1. The van der Waals surface area contributed by atoms with Crippen LogP contribution in [0.4, 0.5) is 5.69 Å². The van der Waals surface area contributed by atoms with Crippen molar-refractivity contribution < 1.29 is 29.3 Å². The number of hydrogen-bond donors (Lipinski definition) is 3. The van der Waals surface area contributed by atoms with Crippen LogP contribution in [0.15, 0.2) is 18.2 Å². The molecule has 0 heterocycles. The zero-order chi connectivity index (χ0) is 16.0. The van der Waals surface area contributed by atoms with Gasteiger partial charge in [-0.3, -0.25) is 9.59 Å². The van der Waals surface area contributed by atoms with Crippen molar-refractivity contribution in [2.45, 2.75) is 32.8 Å². The average Bonchev–Trinajstić information content (AvgIpc) is 2.35. The monoisotopic (exact) mass is 295 g/mol. The summed E-state index contributed by atoms with van der Waals surface area (Å²) in [5, 5.41) is 20.7. The number of aliphatic carboxylic acids is 1. The zero-order valence-corrected chi connectivity index (χ0v) is 11.8. The molecule has 0 spiro atoms. The molecule has 0 aliphatic rings. The van der Waals surface area contributed by atoms with Crippen LogP contribution >= 0.6 is 0 Å². The molecule has 1 aromatic carbocycles. The van der Waals surface area contributed by atoms with Crippen molar-refractivity contribution in [3.8, 4) is 5.75 Å². The summed E-state index contributed by atoms with van der Waals surface area (Å²) in [6.45, 7) is 3.37. The van der Waals surface area contributed by atoms with Gasteiger partial charge in [0.15, 0.2) is 0 Å². The van der Waals surface area contributed by atoms with E-state index in [1.54, 1.807) is 13.8 Å². The van der Waals surface area contributed by atoms with Gasteiger partial charge in [0, 0.05) is 18.2 Å². The first-order valence-electron chi connectivity index (χ1n) is 6.35. The predicted molar refractivity (Wildman–Crippen MR) is 74.2 cm³/mol. The first-order valence-corrected chi connectivity index (χ1v) is 6.35. The highest BCUT2D eigenvalue weighted by Crippen LogP contribution is 2.23. The molecule has 0 saturated heterocycles. The highest BCUT2D eigenvalue weighted by molar-refractivity contribution is 5.96. The summed E-state index contributed by atoms with van der Waals surface area (Å²) in [6.07, 6.45) is -0.767. The van der Waals surface area contributed by atoms with Gasteiger partial charge in [-0.2, -0.15) is 0 Å². The van der Waals surface area contributed by atoms with Gasteiger partial charge in [-0.25, -0.2) is 4.79 Å². The Kier molecular flexibility index (Phi) is 5.71. The van der Waals surface area contributed by atoms with E-state index in [0.29, 0.717) is 0 Å². The molecule has 0 bridgehead atoms. The number of carbonyl (C=O) groups excluding carboxylic acids is 2. The number of phenols is 1. The normalized spacial score (nSPS) is 10.2. The van der Waals surface area contributed by atoms with Gasteiger partial charge in [-0.05, 0) is 26.0 Å². The quantitative estimate of drug-likeness (QED) is 0.689. The summed E-state index contributed by atoms with van der Waals surface area (Å²) in [4.78, 5) is 33.4. The molecule has 0 aliphatic carbocycles. The Hall–Kier alpha value is -2.57. The van der Waals surface area contributed by atoms with Crippen LogP contribution in [0, 0.1) is 0 Å². The third-order valence-electron chi connectivity index (χ3n) is 2.41. The number of anilines is 1. The second kappa shape index (κ2) is 7.28. The van der Waals surface area contributed by atoms with Crippen molar-refractivity contribution in [3.63, 3.8) is 0 Å². The number of esters is 1. The number of benzene rings is 1. The van der Waals surface area contributed by atoms with Crippen molar-refractivity contribution in [3.05, 3.63) is 23.8 Å². The molecule has 0 atom stereocenters. The van der Waals surface area contributed by atoms with Crippen molar-refractivity contribution in [2.75, 3.05) is 5.32 Å². The number of hydrogen-bond acceptors (Lipinski definition) is 5. The smallest absolute Gasteiger partial charge is 0.342 e. The summed E-state index contributed by atoms with van der Waals surface area (Å²) in [7, 11) is 0. The maximum atomic E-state index is 11.7. The minimum absolute atomic E-state index is 0.00719. The third-order valence-corrected chi connectivity index (χ3v) is 2.41. The zero-order valence-electron chi connectivity index (χ0n) is 11.8. The number of carboxylic acid groups (broad SMARTS) is 1. The molecule has 0 saturated carbocycles. The minimum Gasteiger partial charge on any atom is -0.507 e. The van der Waals surface area contributed by atoms with Gasteiger partial charge < -0.3 is 20.3 Å². The van der Waals surface area contributed by atoms with Crippen LogP contribution in [0.2, 0.25) is 0 Å². The molecule has 114 valence electrons. The number of carbonyl (C=O) groups is 3. The van der Waals surface area contributed by atoms with Crippen molar-refractivity contribution in [2.24, 2.45) is 0 Å². The summed E-state index contributed by atoms with van der Waals surface area (Å²) in [5.41, 5.74) is 0.260. The van der Waals surface area contributed by atoms with Gasteiger partial charge in [0.05, 0.1) is 12.5 Å². The topological polar surface area (TPSA) is 113 Å². The fourth-order valence-corrected chi connectivity index (χ4v) is 1.50. The van der Waals surface area contributed by atoms with Crippen molar-refractivity contribution >= 4 is 23.5 Å². The Labute approximate surface area is 121 Å². The molecule has 0 aliphatic heterocycles. The molecule has 7 heteroatoms. The average molecular weight is 295 g/mol. The first kappa shape index (κ1) is 16.5. The molecule has 1 rings (SSSR count). The number of phenolic OH excluding ortho intramolecular Hbond substituents is 1. The second-order valence-electron chi connectivity index (χ2n) is 4.63. The number of ether oxygens (including phenoxy) is 1. The molecule has 21 heavy (non-hydrogen) atoms. The Morgan fingerprint density at radius 1 is 1.24 bits per heavy atom. The Balaban J connectivity index is 2.71. The van der Waals surface area contributed by atoms with E-state index in [1.807, 2.05) is 0 Å². The van der Waals surface area contributed by atoms with E-state index in [2.05, 4.69) is 5.32 Å². The number of aromatic hydroxyl groups is 1. The highest BCUT2D eigenvalue weighted by atomic mass is 16.5. The molecular formula is C14H17NO6. The van der Waals surface area contributed by atoms with E-state index in [1.165, 1.54) is 18.2 Å². The summed E-state index contributed by atoms with van der Waals surface area (Å²) in [5.74, 6) is -2.54. The van der Waals surface area contributed by atoms with Crippen molar-refractivity contribution in [1.82, 2.24) is 0 Å². The molecule has 0 aromatic heterocycles. The fourth-order valence-electron chi connectivity index (χ4n) is 1.50. The van der Waals surface area contributed by atoms with Crippen LogP contribution in [0.5, 0.6) is 5.75 Å². The minimum atomic E-state index is -1.07. The van der Waals surface area contributed by atoms with E-state index in [0.717, 1.165) is 0 Å². The maximum absolute atomic E-state index is 11.7. The molecule has 7 nitrogen and oxygen atoms in total. The summed E-state index contributed by atoms with van der Waals surface area (Å²) in [6, 6.07) is 3.96. The van der Waals surface area contributed by atoms with E-state index >= 15 is 0 Å². The summed E-state index contributed by atoms with van der Waals surface area (Å²) < 4.78 is 4.95. The molecule has 0 unspecified atom stereocenters. The van der Waals surface area contributed by atoms with Gasteiger partial charge in [0.2, 0.25) is 5.91 Å². The van der Waals surface area contributed by atoms with Crippen LogP contribution in [-0.4, -0.2) is 34.2 Å². The third kappa shape index (κ3) is 5.52. The van der Waals surface area contributed by atoms with Gasteiger partial charge in [0.1, 0.15) is 11.3 Å². The molecular weight excluding hydrogens is 278 g/mol. The largest absolute Gasteiger partial charge is 0.507 e. The van der Waals surface area contributed by atoms with Crippen LogP contribution in [0.25, 0.3) is 0 Å². The van der Waals surface area contributed by atoms with E-state index < -0.39 is 17.8 Å². The van der Waals surface area contributed by atoms with Crippen LogP contribution in [0.3, 0.4) is 0 Å². The van der Waals surface area contributed by atoms with Gasteiger partial charge >= 0.3 is 11.9 Å². The Bertz CT molecular complexity index is 552. The second-order valence-corrected chi connectivity index (χ2v) is 4.63. The lowest BCUT2D eigenvalue weighted by Gasteiger charge is -2.10. The predicted octanol–water partition coefficient (Wildman–Crippen LogP) is 1.76. The number of amides is 1. The fraction of sp³-hybridized carbons (Fsp3) is 0.357. The van der Waals surface area contributed by atoms with Gasteiger partial charge in [0.25, 0.3) is 0 Å². The molecule has 1 aromatic rings. The number of carboxylic acids is 1. The molecule has 0 fully saturated rings. The SMILES string of the molecule is CC(C)OC(=O)c1ccc(NC(=O)CCC(=O)O)cc1O. The van der Waals surface area contributed by atoms with Crippen molar-refractivity contribution in [1.29, 1.82) is 0 Å². The lowest BCUT2D eigenvalue weighted by atomic mass is 10.1. The highest BCUT2D eigenvalue weighted by Gasteiger charge is 2.15. The lowest BCUT2D eigenvalue weighted by Crippen LogP contribution is -2.14. The van der Waals surface area contributed by atoms with E-state index in [9.17, 15) is 19.5 Å². The van der Waals surface area contributed by atoms with E-state index in [4.69, 9.17) is 9.84 Å². The Morgan fingerprint density at radius 2 is 1.90 bits per heavy atom. The molecule has 1 amide bonds. The first-order chi connectivity index (χ1) is 9.79. The van der Waals surface area contributed by atoms with Crippen LogP contribution < -0.4 is 5.32 Å². The lowest BCUT2D eigenvalue weighted by molar-refractivity contribution is -0.138. The van der Waals surface area contributed by atoms with Gasteiger partial charge in [-0.15, -0.1) is 0 Å². The Morgan fingerprint density at radius 3 is 2.43 bits per heavy atom. The van der Waals surface area contributed by atoms with E-state index in [-0.39, 0.29) is 35.9 Å². The van der Waals surface area contributed by atoms with Crippen LogP contribution in [-0.2, 0) is 14.3 Å². The molecule has 3 N–H and O–H groups in total. The summed E-state index contributed by atoms with van der Waals surface area (Å²) >= 11 is 0. The number of rotatable bonds is 6. The maximum Gasteiger partial charge on any atom is 0.342 e. The standard InChI is InChI=1S/C14H17NO6/c1-8(2)21-14(20)10-4-3-9(7-11(10)16)15-12(17)5-6-13(18)19/h3-4,7-8,16H,5-6H2,1-2H3,(H,15,17)(H,18,19). The van der Waals surface area contributed by atoms with Crippen LogP contribution in [0.1, 0.15) is 37.0 Å². The molecule has 0 radical (unpaired) electrons.